The molecule has 1 aliphatic heterocycles. The van der Waals surface area contributed by atoms with Gasteiger partial charge < -0.3 is 19.1 Å². The zero-order valence-electron chi connectivity index (χ0n) is 19.6. The third-order valence-electron chi connectivity index (χ3n) is 4.22. The molecule has 2 rings (SSSR count). The molecule has 0 bridgehead atoms. The number of ether oxygens (including phenoxy) is 3. The van der Waals surface area contributed by atoms with Crippen molar-refractivity contribution >= 4 is 24.1 Å². The van der Waals surface area contributed by atoms with E-state index in [1.807, 2.05) is 30.3 Å². The van der Waals surface area contributed by atoms with E-state index in [0.29, 0.717) is 19.4 Å². The van der Waals surface area contributed by atoms with Crippen molar-refractivity contribution in [3.05, 3.63) is 35.9 Å². The van der Waals surface area contributed by atoms with Gasteiger partial charge in [-0.15, -0.1) is 4.99 Å². The zero-order valence-corrected chi connectivity index (χ0v) is 19.6. The molecule has 1 fully saturated rings. The van der Waals surface area contributed by atoms with Gasteiger partial charge in [0, 0.05) is 6.54 Å². The molecule has 176 valence electrons. The maximum absolute atomic E-state index is 12.8. The summed E-state index contributed by atoms with van der Waals surface area (Å²) in [5.74, 6) is -0.568. The second kappa shape index (κ2) is 10.5. The Labute approximate surface area is 189 Å². The Kier molecular flexibility index (Phi) is 8.24. The molecule has 0 spiro atoms. The van der Waals surface area contributed by atoms with Crippen LogP contribution in [0.15, 0.2) is 35.3 Å². The van der Waals surface area contributed by atoms with Crippen molar-refractivity contribution in [1.29, 1.82) is 0 Å². The quantitative estimate of drug-likeness (QED) is 0.323. The van der Waals surface area contributed by atoms with Crippen molar-refractivity contribution < 1.29 is 28.6 Å². The van der Waals surface area contributed by atoms with Crippen LogP contribution in [0.4, 0.5) is 9.59 Å². The Hall–Kier alpha value is -3.10. The molecule has 1 aromatic rings. The largest absolute Gasteiger partial charge is 0.459 e. The van der Waals surface area contributed by atoms with Gasteiger partial charge in [-0.25, -0.2) is 14.4 Å². The van der Waals surface area contributed by atoms with E-state index in [4.69, 9.17) is 14.2 Å². The number of esters is 1. The normalized spacial score (nSPS) is 17.0. The van der Waals surface area contributed by atoms with Crippen LogP contribution in [0, 0.1) is 0 Å². The molecule has 9 nitrogen and oxygen atoms in total. The van der Waals surface area contributed by atoms with Crippen molar-refractivity contribution in [2.24, 2.45) is 4.99 Å². The first kappa shape index (κ1) is 25.2. The minimum absolute atomic E-state index is 0.104. The van der Waals surface area contributed by atoms with E-state index >= 15 is 0 Å². The average Bonchev–Trinajstić information content (AvgIpc) is 3.13. The van der Waals surface area contributed by atoms with Crippen molar-refractivity contribution in [1.82, 2.24) is 10.2 Å². The van der Waals surface area contributed by atoms with Gasteiger partial charge in [0.1, 0.15) is 23.9 Å². The summed E-state index contributed by atoms with van der Waals surface area (Å²) >= 11 is 0. The van der Waals surface area contributed by atoms with Gasteiger partial charge in [0.25, 0.3) is 0 Å². The predicted octanol–water partition coefficient (Wildman–Crippen LogP) is 4.01. The van der Waals surface area contributed by atoms with E-state index in [-0.39, 0.29) is 12.6 Å². The van der Waals surface area contributed by atoms with Crippen molar-refractivity contribution in [2.75, 3.05) is 6.54 Å². The van der Waals surface area contributed by atoms with Crippen LogP contribution < -0.4 is 5.32 Å². The van der Waals surface area contributed by atoms with Gasteiger partial charge in [0.05, 0.1) is 0 Å². The molecule has 32 heavy (non-hydrogen) atoms. The molecule has 9 heteroatoms. The van der Waals surface area contributed by atoms with Crippen LogP contribution in [-0.2, 0) is 25.6 Å². The topological polar surface area (TPSA) is 107 Å². The SMILES string of the molecule is CC(C)(C)OC(=O)/N=C(\NC(=O)OC(C)(C)C)N1CCC[C@H]1C(=O)OCc1ccccc1. The number of hydrogen-bond acceptors (Lipinski definition) is 6. The zero-order chi connectivity index (χ0) is 23.9. The molecular weight excluding hydrogens is 414 g/mol. The first-order valence-corrected chi connectivity index (χ1v) is 10.6. The molecule has 1 saturated heterocycles. The summed E-state index contributed by atoms with van der Waals surface area (Å²) < 4.78 is 16.0. The second-order valence-electron chi connectivity index (χ2n) is 9.49. The lowest BCUT2D eigenvalue weighted by Gasteiger charge is -2.28. The fraction of sp³-hybridized carbons (Fsp3) is 0.565. The van der Waals surface area contributed by atoms with Crippen LogP contribution in [0.1, 0.15) is 59.9 Å². The molecule has 1 aromatic carbocycles. The maximum Gasteiger partial charge on any atom is 0.437 e. The van der Waals surface area contributed by atoms with Crippen LogP contribution in [0.2, 0.25) is 0 Å². The summed E-state index contributed by atoms with van der Waals surface area (Å²) in [6, 6.07) is 8.63. The maximum atomic E-state index is 12.8. The number of guanidine groups is 1. The summed E-state index contributed by atoms with van der Waals surface area (Å²) in [5, 5.41) is 2.50. The molecule has 1 aliphatic rings. The summed E-state index contributed by atoms with van der Waals surface area (Å²) in [7, 11) is 0. The Balaban J connectivity index is 2.18. The lowest BCUT2D eigenvalue weighted by molar-refractivity contribution is -0.149. The van der Waals surface area contributed by atoms with Crippen LogP contribution in [0.5, 0.6) is 0 Å². The minimum atomic E-state index is -0.883. The van der Waals surface area contributed by atoms with Gasteiger partial charge >= 0.3 is 18.2 Å². The number of nitrogens with zero attached hydrogens (tertiary/aromatic N) is 2. The second-order valence-corrected chi connectivity index (χ2v) is 9.49. The smallest absolute Gasteiger partial charge is 0.437 e. The van der Waals surface area contributed by atoms with Gasteiger partial charge in [0.15, 0.2) is 0 Å². The summed E-state index contributed by atoms with van der Waals surface area (Å²) in [6.45, 7) is 10.8. The highest BCUT2D eigenvalue weighted by Crippen LogP contribution is 2.20. The molecule has 0 saturated carbocycles. The van der Waals surface area contributed by atoms with E-state index in [1.54, 1.807) is 46.4 Å². The summed E-state index contributed by atoms with van der Waals surface area (Å²) in [4.78, 5) is 43.0. The van der Waals surface area contributed by atoms with E-state index in [0.717, 1.165) is 5.56 Å². The molecular formula is C23H33N3O6. The number of likely N-dealkylation sites (tertiary alicyclic amines) is 1. The van der Waals surface area contributed by atoms with Crippen molar-refractivity contribution in [2.45, 2.75) is 78.2 Å². The number of carbonyl (C=O) groups excluding carboxylic acids is 3. The Morgan fingerprint density at radius 2 is 1.66 bits per heavy atom. The fourth-order valence-corrected chi connectivity index (χ4v) is 3.02. The van der Waals surface area contributed by atoms with Crippen LogP contribution in [0.25, 0.3) is 0 Å². The van der Waals surface area contributed by atoms with Gasteiger partial charge in [-0.2, -0.15) is 0 Å². The highest BCUT2D eigenvalue weighted by Gasteiger charge is 2.36. The number of alkyl carbamates (subject to hydrolysis) is 1. The minimum Gasteiger partial charge on any atom is -0.459 e. The lowest BCUT2D eigenvalue weighted by Crippen LogP contribution is -2.50. The van der Waals surface area contributed by atoms with Crippen LogP contribution in [-0.4, -0.2) is 52.8 Å². The Bertz CT molecular complexity index is 840. The van der Waals surface area contributed by atoms with Crippen molar-refractivity contribution in [3.8, 4) is 0 Å². The number of nitrogens with one attached hydrogen (secondary N) is 1. The highest BCUT2D eigenvalue weighted by molar-refractivity contribution is 6.00. The summed E-state index contributed by atoms with van der Waals surface area (Å²) in [5.41, 5.74) is -0.656. The lowest BCUT2D eigenvalue weighted by atomic mass is 10.2. The molecule has 0 radical (unpaired) electrons. The van der Waals surface area contributed by atoms with Gasteiger partial charge in [-0.1, -0.05) is 30.3 Å². The standard InChI is InChI=1S/C23H33N3O6/c1-22(2,3)31-20(28)24-19(25-21(29)32-23(4,5)6)26-14-10-13-17(26)18(27)30-15-16-11-8-7-9-12-16/h7-9,11-12,17H,10,13-15H2,1-6H3,(H,24,25,28,29)/t17-/m0/s1. The van der Waals surface area contributed by atoms with Gasteiger partial charge in [-0.05, 0) is 59.9 Å². The number of aliphatic imine (C=N–C) groups is 1. The average molecular weight is 448 g/mol. The molecule has 0 unspecified atom stereocenters. The summed E-state index contributed by atoms with van der Waals surface area (Å²) in [6.07, 6.45) is -0.513. The van der Waals surface area contributed by atoms with E-state index in [1.165, 1.54) is 0 Å². The Morgan fingerprint density at radius 1 is 1.03 bits per heavy atom. The highest BCUT2D eigenvalue weighted by atomic mass is 16.6. The first-order chi connectivity index (χ1) is 14.8. The van der Waals surface area contributed by atoms with E-state index < -0.39 is 35.4 Å². The third-order valence-corrected chi connectivity index (χ3v) is 4.22. The molecule has 1 N–H and O–H groups in total. The molecule has 0 aliphatic carbocycles. The molecule has 1 atom stereocenters. The Morgan fingerprint density at radius 3 is 2.25 bits per heavy atom. The van der Waals surface area contributed by atoms with Gasteiger partial charge in [0.2, 0.25) is 5.96 Å². The first-order valence-electron chi connectivity index (χ1n) is 10.6. The van der Waals surface area contributed by atoms with Crippen molar-refractivity contribution in [3.63, 3.8) is 0 Å². The van der Waals surface area contributed by atoms with E-state index in [9.17, 15) is 14.4 Å². The monoisotopic (exact) mass is 447 g/mol. The van der Waals surface area contributed by atoms with Crippen LogP contribution in [0.3, 0.4) is 0 Å². The number of rotatable bonds is 3. The number of amides is 2. The predicted molar refractivity (Wildman–Crippen MR) is 119 cm³/mol. The number of hydrogen-bond donors (Lipinski definition) is 1. The number of benzene rings is 1. The molecule has 2 amide bonds. The molecule has 1 heterocycles. The molecule has 0 aromatic heterocycles. The third kappa shape index (κ3) is 8.56. The number of carbonyl (C=O) groups is 3. The fourth-order valence-electron chi connectivity index (χ4n) is 3.02. The van der Waals surface area contributed by atoms with E-state index in [2.05, 4.69) is 10.3 Å². The van der Waals surface area contributed by atoms with Gasteiger partial charge in [-0.3, -0.25) is 5.32 Å². The van der Waals surface area contributed by atoms with Crippen LogP contribution >= 0.6 is 0 Å².